The molecule has 1 aromatic rings. The molecule has 5 nitrogen and oxygen atoms in total. The second-order valence-corrected chi connectivity index (χ2v) is 6.14. The number of halogens is 1. The van der Waals surface area contributed by atoms with Crippen LogP contribution >= 0.6 is 22.6 Å². The number of hydrogen-bond donors (Lipinski definition) is 0. The molecule has 0 saturated carbocycles. The van der Waals surface area contributed by atoms with Gasteiger partial charge in [0.2, 0.25) is 5.89 Å². The molecule has 2 rings (SSSR count). The van der Waals surface area contributed by atoms with Gasteiger partial charge in [0.15, 0.2) is 9.84 Å². The fourth-order valence-electron chi connectivity index (χ4n) is 1.37. The molecular weight excluding hydrogens is 307 g/mol. The predicted molar refractivity (Wildman–Crippen MR) is 53.0 cm³/mol. The van der Waals surface area contributed by atoms with Crippen LogP contribution in [0.25, 0.3) is 0 Å². The zero-order chi connectivity index (χ0) is 9.47. The molecule has 2 heterocycles. The summed E-state index contributed by atoms with van der Waals surface area (Å²) in [7, 11) is -2.86. The van der Waals surface area contributed by atoms with Gasteiger partial charge in [0.05, 0.1) is 17.4 Å². The monoisotopic (exact) mass is 314 g/mol. The first kappa shape index (κ1) is 9.38. The van der Waals surface area contributed by atoms with Gasteiger partial charge in [-0.3, -0.25) is 0 Å². The summed E-state index contributed by atoms with van der Waals surface area (Å²) in [6, 6.07) is 0. The smallest absolute Gasteiger partial charge is 0.278 e. The van der Waals surface area contributed by atoms with Gasteiger partial charge in [-0.25, -0.2) is 8.42 Å². The van der Waals surface area contributed by atoms with Crippen LogP contribution in [0.2, 0.25) is 0 Å². The third-order valence-corrected chi connectivity index (χ3v) is 4.20. The fourth-order valence-corrected chi connectivity index (χ4v) is 3.44. The highest BCUT2D eigenvalue weighted by Gasteiger charge is 2.32. The minimum absolute atomic E-state index is 0.0963. The van der Waals surface area contributed by atoms with Gasteiger partial charge >= 0.3 is 0 Å². The second kappa shape index (κ2) is 3.19. The van der Waals surface area contributed by atoms with Crippen LogP contribution < -0.4 is 0 Å². The van der Waals surface area contributed by atoms with E-state index in [0.717, 1.165) is 0 Å². The van der Waals surface area contributed by atoms with E-state index in [1.807, 2.05) is 22.6 Å². The molecule has 0 amide bonds. The molecule has 0 bridgehead atoms. The third-order valence-electron chi connectivity index (χ3n) is 2.00. The molecule has 1 aromatic heterocycles. The first-order chi connectivity index (χ1) is 6.07. The van der Waals surface area contributed by atoms with Crippen LogP contribution in [0.1, 0.15) is 18.2 Å². The van der Waals surface area contributed by atoms with E-state index in [1.165, 1.54) is 0 Å². The highest BCUT2D eigenvalue weighted by molar-refractivity contribution is 14.1. The van der Waals surface area contributed by atoms with Gasteiger partial charge in [0, 0.05) is 22.6 Å². The average Bonchev–Trinajstić information content (AvgIpc) is 2.56. The van der Waals surface area contributed by atoms with Crippen molar-refractivity contribution >= 4 is 32.4 Å². The summed E-state index contributed by atoms with van der Waals surface area (Å²) in [4.78, 5) is 0. The third kappa shape index (κ3) is 2.01. The van der Waals surface area contributed by atoms with Crippen LogP contribution in [0, 0.1) is 3.90 Å². The molecule has 1 saturated heterocycles. The van der Waals surface area contributed by atoms with Crippen LogP contribution in [0.5, 0.6) is 0 Å². The number of nitrogens with zero attached hydrogens (tertiary/aromatic N) is 2. The molecule has 13 heavy (non-hydrogen) atoms. The molecule has 1 unspecified atom stereocenters. The van der Waals surface area contributed by atoms with Gasteiger partial charge in [-0.05, 0) is 6.42 Å². The molecule has 1 fully saturated rings. The molecule has 0 radical (unpaired) electrons. The summed E-state index contributed by atoms with van der Waals surface area (Å²) in [5, 5.41) is 7.46. The Kier molecular flexibility index (Phi) is 2.30. The summed E-state index contributed by atoms with van der Waals surface area (Å²) in [6.45, 7) is 0. The van der Waals surface area contributed by atoms with Gasteiger partial charge in [-0.15, -0.1) is 10.2 Å². The maximum absolute atomic E-state index is 11.1. The highest BCUT2D eigenvalue weighted by Crippen LogP contribution is 2.27. The van der Waals surface area contributed by atoms with Gasteiger partial charge in [0.1, 0.15) is 0 Å². The van der Waals surface area contributed by atoms with Gasteiger partial charge in [-0.2, -0.15) is 0 Å². The average molecular weight is 314 g/mol. The molecule has 72 valence electrons. The number of aromatic nitrogens is 2. The Morgan fingerprint density at radius 2 is 2.23 bits per heavy atom. The van der Waals surface area contributed by atoms with Crippen molar-refractivity contribution in [2.24, 2.45) is 0 Å². The van der Waals surface area contributed by atoms with Crippen molar-refractivity contribution in [1.29, 1.82) is 0 Å². The normalized spacial score (nSPS) is 26.4. The van der Waals surface area contributed by atoms with E-state index < -0.39 is 9.84 Å². The first-order valence-electron chi connectivity index (χ1n) is 3.76. The van der Waals surface area contributed by atoms with Crippen molar-refractivity contribution in [2.75, 3.05) is 11.5 Å². The molecule has 0 aliphatic carbocycles. The minimum atomic E-state index is -2.86. The Morgan fingerprint density at radius 1 is 1.46 bits per heavy atom. The second-order valence-electron chi connectivity index (χ2n) is 2.99. The van der Waals surface area contributed by atoms with E-state index in [9.17, 15) is 8.42 Å². The lowest BCUT2D eigenvalue weighted by atomic mass is 10.1. The van der Waals surface area contributed by atoms with Crippen LogP contribution in [0.3, 0.4) is 0 Å². The Morgan fingerprint density at radius 3 is 2.69 bits per heavy atom. The Hall–Kier alpha value is -0.180. The summed E-state index contributed by atoms with van der Waals surface area (Å²) < 4.78 is 27.9. The van der Waals surface area contributed by atoms with Crippen LogP contribution in [-0.4, -0.2) is 30.1 Å². The van der Waals surface area contributed by atoms with E-state index in [-0.39, 0.29) is 17.4 Å². The van der Waals surface area contributed by atoms with Crippen molar-refractivity contribution in [3.8, 4) is 0 Å². The zero-order valence-corrected chi connectivity index (χ0v) is 9.58. The van der Waals surface area contributed by atoms with E-state index in [0.29, 0.717) is 16.2 Å². The largest absolute Gasteiger partial charge is 0.416 e. The SMILES string of the molecule is O=S1(=O)CCC(c2nnc(I)o2)C1. The standard InChI is InChI=1S/C6H7IN2O3S/c7-6-9-8-5(12-6)4-1-2-13(10,11)3-4/h4H,1-3H2. The van der Waals surface area contributed by atoms with Crippen LogP contribution in [0.15, 0.2) is 4.42 Å². The summed E-state index contributed by atoms with van der Waals surface area (Å²) in [6.07, 6.45) is 0.598. The van der Waals surface area contributed by atoms with E-state index in [4.69, 9.17) is 4.42 Å². The van der Waals surface area contributed by atoms with Gasteiger partial charge in [-0.1, -0.05) is 0 Å². The number of sulfone groups is 1. The quantitative estimate of drug-likeness (QED) is 0.709. The zero-order valence-electron chi connectivity index (χ0n) is 6.60. The van der Waals surface area contributed by atoms with Gasteiger partial charge in [0.25, 0.3) is 3.90 Å². The van der Waals surface area contributed by atoms with Crippen molar-refractivity contribution in [2.45, 2.75) is 12.3 Å². The molecular formula is C6H7IN2O3S. The summed E-state index contributed by atoms with van der Waals surface area (Å²) >= 11 is 1.91. The van der Waals surface area contributed by atoms with Crippen molar-refractivity contribution < 1.29 is 12.8 Å². The molecule has 1 aliphatic rings. The Bertz CT molecular complexity index is 413. The maximum atomic E-state index is 11.1. The molecule has 0 aromatic carbocycles. The molecule has 0 N–H and O–H groups in total. The van der Waals surface area contributed by atoms with Crippen molar-refractivity contribution in [3.05, 3.63) is 9.79 Å². The van der Waals surface area contributed by atoms with Crippen molar-refractivity contribution in [3.63, 3.8) is 0 Å². The van der Waals surface area contributed by atoms with E-state index >= 15 is 0 Å². The van der Waals surface area contributed by atoms with Crippen molar-refractivity contribution in [1.82, 2.24) is 10.2 Å². The van der Waals surface area contributed by atoms with Gasteiger partial charge < -0.3 is 4.42 Å². The summed E-state index contributed by atoms with van der Waals surface area (Å²) in [5.41, 5.74) is 0. The molecule has 1 aliphatic heterocycles. The first-order valence-corrected chi connectivity index (χ1v) is 6.66. The van der Waals surface area contributed by atoms with Crippen LogP contribution in [-0.2, 0) is 9.84 Å². The number of rotatable bonds is 1. The lowest BCUT2D eigenvalue weighted by Crippen LogP contribution is -2.03. The maximum Gasteiger partial charge on any atom is 0.278 e. The van der Waals surface area contributed by atoms with E-state index in [1.54, 1.807) is 0 Å². The van der Waals surface area contributed by atoms with Crippen LogP contribution in [0.4, 0.5) is 0 Å². The predicted octanol–water partition coefficient (Wildman–Crippen LogP) is 0.576. The minimum Gasteiger partial charge on any atom is -0.416 e. The molecule has 1 atom stereocenters. The fraction of sp³-hybridized carbons (Fsp3) is 0.667. The lowest BCUT2D eigenvalue weighted by molar-refractivity contribution is 0.440. The highest BCUT2D eigenvalue weighted by atomic mass is 127. The Labute approximate surface area is 89.0 Å². The Balaban J connectivity index is 2.21. The van der Waals surface area contributed by atoms with E-state index in [2.05, 4.69) is 10.2 Å². The summed E-state index contributed by atoms with van der Waals surface area (Å²) in [5.74, 6) is 0.730. The topological polar surface area (TPSA) is 73.1 Å². The number of hydrogen-bond acceptors (Lipinski definition) is 5. The molecule has 7 heteroatoms. The lowest BCUT2D eigenvalue weighted by Gasteiger charge is -1.97. The molecule has 0 spiro atoms.